The Labute approximate surface area is 119 Å². The van der Waals surface area contributed by atoms with Crippen LogP contribution in [0.3, 0.4) is 0 Å². The van der Waals surface area contributed by atoms with Gasteiger partial charge in [-0.05, 0) is 12.1 Å². The molecule has 2 rings (SSSR count). The van der Waals surface area contributed by atoms with Crippen LogP contribution in [0, 0.1) is 0 Å². The lowest BCUT2D eigenvalue weighted by Crippen LogP contribution is -2.49. The van der Waals surface area contributed by atoms with Crippen LogP contribution < -0.4 is 0 Å². The summed E-state index contributed by atoms with van der Waals surface area (Å²) in [6.45, 7) is 5.23. The quantitative estimate of drug-likeness (QED) is 0.790. The zero-order valence-corrected chi connectivity index (χ0v) is 12.0. The van der Waals surface area contributed by atoms with Gasteiger partial charge in [0.1, 0.15) is 5.69 Å². The van der Waals surface area contributed by atoms with E-state index < -0.39 is 0 Å². The average molecular weight is 281 g/mol. The van der Waals surface area contributed by atoms with Gasteiger partial charge in [-0.15, -0.1) is 0 Å². The van der Waals surface area contributed by atoms with E-state index in [2.05, 4.69) is 4.90 Å². The molecule has 0 spiro atoms. The molecule has 0 saturated carbocycles. The third-order valence-corrected chi connectivity index (χ3v) is 3.66. The molecule has 0 atom stereocenters. The number of piperazine rings is 1. The van der Waals surface area contributed by atoms with Crippen LogP contribution in [0.25, 0.3) is 0 Å². The number of amides is 1. The van der Waals surface area contributed by atoms with Gasteiger partial charge < -0.3 is 19.3 Å². The van der Waals surface area contributed by atoms with Gasteiger partial charge in [0.25, 0.3) is 5.91 Å². The van der Waals surface area contributed by atoms with E-state index in [1.54, 1.807) is 7.11 Å². The number of β-amino-alcohol motifs (C(OH)–C–C–N with tert-alkyl or cyclic N) is 1. The Kier molecular flexibility index (Phi) is 5.58. The van der Waals surface area contributed by atoms with Crippen LogP contribution in [0.1, 0.15) is 10.5 Å². The normalized spacial score (nSPS) is 16.6. The average Bonchev–Trinajstić information content (AvgIpc) is 2.94. The minimum atomic E-state index is 0.0785. The smallest absolute Gasteiger partial charge is 0.270 e. The fraction of sp³-hybridized carbons (Fsp3) is 0.643. The fourth-order valence-electron chi connectivity index (χ4n) is 2.47. The largest absolute Gasteiger partial charge is 0.395 e. The van der Waals surface area contributed by atoms with E-state index >= 15 is 0 Å². The molecule has 1 amide bonds. The lowest BCUT2D eigenvalue weighted by atomic mass is 10.2. The summed E-state index contributed by atoms with van der Waals surface area (Å²) in [6, 6.07) is 3.75. The third-order valence-electron chi connectivity index (χ3n) is 3.66. The number of aliphatic hydroxyl groups is 1. The molecule has 1 aliphatic rings. The van der Waals surface area contributed by atoms with Crippen molar-refractivity contribution in [3.05, 3.63) is 24.0 Å². The molecule has 1 aliphatic heterocycles. The van der Waals surface area contributed by atoms with Gasteiger partial charge in [-0.2, -0.15) is 0 Å². The highest BCUT2D eigenvalue weighted by atomic mass is 16.5. The van der Waals surface area contributed by atoms with Gasteiger partial charge in [-0.25, -0.2) is 0 Å². The highest BCUT2D eigenvalue weighted by Crippen LogP contribution is 2.10. The van der Waals surface area contributed by atoms with Crippen molar-refractivity contribution in [1.29, 1.82) is 0 Å². The van der Waals surface area contributed by atoms with Crippen molar-refractivity contribution in [3.8, 4) is 0 Å². The number of carbonyl (C=O) groups is 1. The molecule has 2 heterocycles. The summed E-state index contributed by atoms with van der Waals surface area (Å²) in [5, 5.41) is 8.93. The Bertz CT molecular complexity index is 425. The molecule has 0 aromatic carbocycles. The monoisotopic (exact) mass is 281 g/mol. The van der Waals surface area contributed by atoms with Crippen LogP contribution in [0.15, 0.2) is 18.3 Å². The van der Waals surface area contributed by atoms with Crippen molar-refractivity contribution in [1.82, 2.24) is 14.4 Å². The molecule has 6 heteroatoms. The van der Waals surface area contributed by atoms with Crippen LogP contribution in [-0.4, -0.2) is 78.4 Å². The number of nitrogens with zero attached hydrogens (tertiary/aromatic N) is 3. The second-order valence-corrected chi connectivity index (χ2v) is 4.94. The molecule has 1 N–H and O–H groups in total. The van der Waals surface area contributed by atoms with Crippen LogP contribution >= 0.6 is 0 Å². The topological polar surface area (TPSA) is 57.9 Å². The Morgan fingerprint density at radius 2 is 2.05 bits per heavy atom. The van der Waals surface area contributed by atoms with E-state index in [0.29, 0.717) is 32.8 Å². The van der Waals surface area contributed by atoms with Crippen LogP contribution in [0.4, 0.5) is 0 Å². The molecule has 1 aromatic heterocycles. The molecule has 1 saturated heterocycles. The van der Waals surface area contributed by atoms with Crippen LogP contribution in [0.5, 0.6) is 0 Å². The molecule has 0 aliphatic carbocycles. The zero-order valence-electron chi connectivity index (χ0n) is 12.0. The Morgan fingerprint density at radius 3 is 2.70 bits per heavy atom. The molecule has 6 nitrogen and oxygen atoms in total. The molecule has 1 fully saturated rings. The minimum absolute atomic E-state index is 0.0785. The third kappa shape index (κ3) is 3.59. The van der Waals surface area contributed by atoms with E-state index in [0.717, 1.165) is 18.8 Å². The highest BCUT2D eigenvalue weighted by Gasteiger charge is 2.23. The molecule has 1 aromatic rings. The van der Waals surface area contributed by atoms with Gasteiger partial charge in [0.15, 0.2) is 0 Å². The maximum absolute atomic E-state index is 12.5. The van der Waals surface area contributed by atoms with Gasteiger partial charge in [0.2, 0.25) is 0 Å². The first kappa shape index (κ1) is 15.0. The van der Waals surface area contributed by atoms with Crippen molar-refractivity contribution in [2.75, 3.05) is 53.0 Å². The minimum Gasteiger partial charge on any atom is -0.395 e. The van der Waals surface area contributed by atoms with E-state index in [1.807, 2.05) is 27.8 Å². The summed E-state index contributed by atoms with van der Waals surface area (Å²) >= 11 is 0. The van der Waals surface area contributed by atoms with Crippen molar-refractivity contribution >= 4 is 5.91 Å². The van der Waals surface area contributed by atoms with Gasteiger partial charge >= 0.3 is 0 Å². The Morgan fingerprint density at radius 1 is 1.30 bits per heavy atom. The summed E-state index contributed by atoms with van der Waals surface area (Å²) in [4.78, 5) is 16.6. The van der Waals surface area contributed by atoms with Crippen molar-refractivity contribution < 1.29 is 14.6 Å². The first-order valence-corrected chi connectivity index (χ1v) is 7.03. The number of ether oxygens (including phenoxy) is 1. The van der Waals surface area contributed by atoms with E-state index in [-0.39, 0.29) is 12.5 Å². The number of aliphatic hydroxyl groups excluding tert-OH is 1. The number of rotatable bonds is 6. The lowest BCUT2D eigenvalue weighted by molar-refractivity contribution is 0.0603. The van der Waals surface area contributed by atoms with E-state index in [1.165, 1.54) is 0 Å². The van der Waals surface area contributed by atoms with Crippen molar-refractivity contribution in [3.63, 3.8) is 0 Å². The number of methoxy groups -OCH3 is 1. The summed E-state index contributed by atoms with van der Waals surface area (Å²) in [5.41, 5.74) is 0.720. The number of hydrogen-bond donors (Lipinski definition) is 1. The second-order valence-electron chi connectivity index (χ2n) is 4.94. The van der Waals surface area contributed by atoms with E-state index in [9.17, 15) is 4.79 Å². The van der Waals surface area contributed by atoms with Crippen molar-refractivity contribution in [2.45, 2.75) is 6.54 Å². The second kappa shape index (κ2) is 7.42. The first-order valence-electron chi connectivity index (χ1n) is 7.03. The standard InChI is InChI=1S/C14H23N3O3/c1-20-12-10-16-4-2-3-13(16)14(19)17-7-5-15(6-8-17)9-11-18/h2-4,18H,5-12H2,1H3. The maximum atomic E-state index is 12.5. The predicted octanol–water partition coefficient (Wildman–Crippen LogP) is -0.115. The van der Waals surface area contributed by atoms with Gasteiger partial charge in [0, 0.05) is 52.6 Å². The molecular formula is C14H23N3O3. The molecule has 0 unspecified atom stereocenters. The van der Waals surface area contributed by atoms with E-state index in [4.69, 9.17) is 9.84 Å². The highest BCUT2D eigenvalue weighted by molar-refractivity contribution is 5.92. The molecule has 0 radical (unpaired) electrons. The number of carbonyl (C=O) groups excluding carboxylic acids is 1. The van der Waals surface area contributed by atoms with Crippen LogP contribution in [-0.2, 0) is 11.3 Å². The maximum Gasteiger partial charge on any atom is 0.270 e. The summed E-state index contributed by atoms with van der Waals surface area (Å²) in [7, 11) is 1.66. The predicted molar refractivity (Wildman–Crippen MR) is 75.7 cm³/mol. The Hall–Kier alpha value is -1.37. The van der Waals surface area contributed by atoms with Crippen molar-refractivity contribution in [2.24, 2.45) is 0 Å². The molecule has 112 valence electrons. The van der Waals surface area contributed by atoms with Gasteiger partial charge in [-0.1, -0.05) is 0 Å². The lowest BCUT2D eigenvalue weighted by Gasteiger charge is -2.34. The summed E-state index contributed by atoms with van der Waals surface area (Å²) < 4.78 is 7.00. The van der Waals surface area contributed by atoms with Gasteiger partial charge in [-0.3, -0.25) is 9.69 Å². The molecule has 20 heavy (non-hydrogen) atoms. The summed E-state index contributed by atoms with van der Waals surface area (Å²) in [6.07, 6.45) is 1.91. The molecular weight excluding hydrogens is 258 g/mol. The fourth-order valence-corrected chi connectivity index (χ4v) is 2.47. The number of hydrogen-bond acceptors (Lipinski definition) is 4. The zero-order chi connectivity index (χ0) is 14.4. The SMILES string of the molecule is COCCn1cccc1C(=O)N1CCN(CCO)CC1. The first-order chi connectivity index (χ1) is 9.76. The van der Waals surface area contributed by atoms with Crippen LogP contribution in [0.2, 0.25) is 0 Å². The number of aromatic nitrogens is 1. The molecule has 0 bridgehead atoms. The van der Waals surface area contributed by atoms with Gasteiger partial charge in [0.05, 0.1) is 13.2 Å². The Balaban J connectivity index is 1.93. The summed E-state index contributed by atoms with van der Waals surface area (Å²) in [5.74, 6) is 0.0785.